The topological polar surface area (TPSA) is 97.0 Å². The van der Waals surface area contributed by atoms with E-state index in [0.29, 0.717) is 11.4 Å². The first-order valence-corrected chi connectivity index (χ1v) is 13.9. The molecule has 6 atom stereocenters. The summed E-state index contributed by atoms with van der Waals surface area (Å²) in [4.78, 5) is 43.7. The molecule has 2 aromatic rings. The van der Waals surface area contributed by atoms with Gasteiger partial charge in [-0.1, -0.05) is 67.8 Å². The fraction of sp³-hybridized carbons (Fsp3) is 0.452. The summed E-state index contributed by atoms with van der Waals surface area (Å²) in [5, 5.41) is 6.20. The molecule has 0 aromatic heterocycles. The maximum atomic E-state index is 14.3. The third-order valence-corrected chi connectivity index (χ3v) is 8.85. The molecule has 1 saturated carbocycles. The second-order valence-electron chi connectivity index (χ2n) is 11.1. The van der Waals surface area contributed by atoms with Crippen LogP contribution >= 0.6 is 0 Å². The zero-order valence-electron chi connectivity index (χ0n) is 22.3. The quantitative estimate of drug-likeness (QED) is 0.529. The SMILES string of the molecule is COc1cccc(NC(=O)[C@@H]2[C@@H]3C=C[C@]4(O3)[C@@H]2C(=O)N([C@@H](C)c2ccccc2)[C@@H]4C(=O)NC2CCCCC2)c1. The van der Waals surface area contributed by atoms with E-state index >= 15 is 0 Å². The number of likely N-dealkylation sites (tertiary alicyclic amines) is 1. The summed E-state index contributed by atoms with van der Waals surface area (Å²) in [7, 11) is 1.57. The first-order valence-electron chi connectivity index (χ1n) is 13.9. The normalized spacial score (nSPS) is 30.2. The highest BCUT2D eigenvalue weighted by Crippen LogP contribution is 2.56. The van der Waals surface area contributed by atoms with Crippen molar-refractivity contribution in [3.05, 3.63) is 72.3 Å². The second-order valence-corrected chi connectivity index (χ2v) is 11.1. The zero-order valence-corrected chi connectivity index (χ0v) is 22.3. The molecule has 39 heavy (non-hydrogen) atoms. The van der Waals surface area contributed by atoms with Crippen molar-refractivity contribution in [3.63, 3.8) is 0 Å². The van der Waals surface area contributed by atoms with Gasteiger partial charge in [0.25, 0.3) is 0 Å². The van der Waals surface area contributed by atoms with Gasteiger partial charge >= 0.3 is 0 Å². The molecule has 2 aromatic carbocycles. The fourth-order valence-electron chi connectivity index (χ4n) is 6.97. The smallest absolute Gasteiger partial charge is 0.246 e. The van der Waals surface area contributed by atoms with E-state index in [-0.39, 0.29) is 29.8 Å². The Morgan fingerprint density at radius 2 is 1.82 bits per heavy atom. The Bertz CT molecular complexity index is 1290. The van der Waals surface area contributed by atoms with Crippen molar-refractivity contribution in [1.29, 1.82) is 0 Å². The Hall–Kier alpha value is -3.65. The zero-order chi connectivity index (χ0) is 27.1. The lowest BCUT2D eigenvalue weighted by Gasteiger charge is -2.37. The van der Waals surface area contributed by atoms with Crippen molar-refractivity contribution in [3.8, 4) is 5.75 Å². The number of amides is 3. The number of nitrogens with one attached hydrogen (secondary N) is 2. The lowest BCUT2D eigenvalue weighted by molar-refractivity contribution is -0.143. The molecule has 4 aliphatic rings. The minimum atomic E-state index is -1.19. The number of nitrogens with zero attached hydrogens (tertiary/aromatic N) is 1. The Labute approximate surface area is 228 Å². The van der Waals surface area contributed by atoms with Gasteiger partial charge in [-0.05, 0) is 37.5 Å². The largest absolute Gasteiger partial charge is 0.497 e. The van der Waals surface area contributed by atoms with Crippen LogP contribution in [0.4, 0.5) is 5.69 Å². The van der Waals surface area contributed by atoms with Crippen molar-refractivity contribution in [1.82, 2.24) is 10.2 Å². The van der Waals surface area contributed by atoms with E-state index in [4.69, 9.17) is 9.47 Å². The van der Waals surface area contributed by atoms with E-state index in [0.717, 1.165) is 31.2 Å². The van der Waals surface area contributed by atoms with Crippen molar-refractivity contribution < 1.29 is 23.9 Å². The Morgan fingerprint density at radius 1 is 1.05 bits per heavy atom. The molecule has 3 fully saturated rings. The number of fused-ring (bicyclic) bond motifs is 1. The van der Waals surface area contributed by atoms with E-state index < -0.39 is 29.6 Å². The van der Waals surface area contributed by atoms with Crippen LogP contribution in [-0.2, 0) is 19.1 Å². The Balaban J connectivity index is 1.34. The van der Waals surface area contributed by atoms with E-state index in [1.807, 2.05) is 49.4 Å². The third-order valence-electron chi connectivity index (χ3n) is 8.85. The molecular weight excluding hydrogens is 494 g/mol. The maximum absolute atomic E-state index is 14.3. The number of hydrogen-bond acceptors (Lipinski definition) is 5. The average molecular weight is 530 g/mol. The van der Waals surface area contributed by atoms with Crippen LogP contribution in [0.5, 0.6) is 5.75 Å². The monoisotopic (exact) mass is 529 g/mol. The molecule has 0 unspecified atom stereocenters. The van der Waals surface area contributed by atoms with Crippen LogP contribution in [0.25, 0.3) is 0 Å². The van der Waals surface area contributed by atoms with E-state index in [2.05, 4.69) is 10.6 Å². The van der Waals surface area contributed by atoms with Crippen molar-refractivity contribution in [2.75, 3.05) is 12.4 Å². The van der Waals surface area contributed by atoms with Crippen LogP contribution in [0.3, 0.4) is 0 Å². The Kier molecular flexibility index (Phi) is 6.67. The van der Waals surface area contributed by atoms with Crippen LogP contribution in [0.1, 0.15) is 50.6 Å². The van der Waals surface area contributed by atoms with Gasteiger partial charge in [-0.2, -0.15) is 0 Å². The molecule has 1 aliphatic carbocycles. The average Bonchev–Trinajstić information content (AvgIpc) is 3.61. The molecule has 3 heterocycles. The summed E-state index contributed by atoms with van der Waals surface area (Å²) in [5.41, 5.74) is 0.306. The van der Waals surface area contributed by atoms with Gasteiger partial charge < -0.3 is 25.0 Å². The maximum Gasteiger partial charge on any atom is 0.246 e. The fourth-order valence-corrected chi connectivity index (χ4v) is 6.97. The van der Waals surface area contributed by atoms with Gasteiger partial charge in [0.2, 0.25) is 17.7 Å². The summed E-state index contributed by atoms with van der Waals surface area (Å²) in [6, 6.07) is 15.6. The Morgan fingerprint density at radius 3 is 2.56 bits per heavy atom. The van der Waals surface area contributed by atoms with Gasteiger partial charge in [0.1, 0.15) is 17.4 Å². The van der Waals surface area contributed by atoms with Gasteiger partial charge in [-0.25, -0.2) is 0 Å². The molecule has 0 radical (unpaired) electrons. The molecule has 2 bridgehead atoms. The van der Waals surface area contributed by atoms with Gasteiger partial charge in [0, 0.05) is 17.8 Å². The summed E-state index contributed by atoms with van der Waals surface area (Å²) in [6.45, 7) is 1.94. The van der Waals surface area contributed by atoms with Crippen molar-refractivity contribution in [2.24, 2.45) is 11.8 Å². The second kappa shape index (κ2) is 10.2. The minimum absolute atomic E-state index is 0.0837. The summed E-state index contributed by atoms with van der Waals surface area (Å²) in [6.07, 6.45) is 8.33. The van der Waals surface area contributed by atoms with Gasteiger partial charge in [-0.15, -0.1) is 0 Å². The molecule has 2 N–H and O–H groups in total. The highest BCUT2D eigenvalue weighted by Gasteiger charge is 2.73. The molecule has 3 aliphatic heterocycles. The minimum Gasteiger partial charge on any atom is -0.497 e. The molecular formula is C31H35N3O5. The molecule has 1 spiro atoms. The van der Waals surface area contributed by atoms with E-state index in [1.54, 1.807) is 36.3 Å². The van der Waals surface area contributed by atoms with Crippen molar-refractivity contribution in [2.45, 2.75) is 68.9 Å². The number of methoxy groups -OCH3 is 1. The van der Waals surface area contributed by atoms with Crippen LogP contribution in [0.2, 0.25) is 0 Å². The van der Waals surface area contributed by atoms with Crippen LogP contribution < -0.4 is 15.4 Å². The number of hydrogen-bond donors (Lipinski definition) is 2. The number of benzene rings is 2. The summed E-state index contributed by atoms with van der Waals surface area (Å²) < 4.78 is 11.8. The molecule has 2 saturated heterocycles. The van der Waals surface area contributed by atoms with Gasteiger partial charge in [0.05, 0.1) is 31.1 Å². The first kappa shape index (κ1) is 25.6. The number of carbonyl (C=O) groups excluding carboxylic acids is 3. The highest BCUT2D eigenvalue weighted by atomic mass is 16.5. The van der Waals surface area contributed by atoms with E-state index in [9.17, 15) is 14.4 Å². The highest BCUT2D eigenvalue weighted by molar-refractivity contribution is 6.03. The molecule has 6 rings (SSSR count). The van der Waals surface area contributed by atoms with Crippen molar-refractivity contribution >= 4 is 23.4 Å². The molecule has 8 heteroatoms. The third kappa shape index (κ3) is 4.31. The predicted molar refractivity (Wildman–Crippen MR) is 146 cm³/mol. The summed E-state index contributed by atoms with van der Waals surface area (Å²) >= 11 is 0. The van der Waals surface area contributed by atoms with Crippen LogP contribution in [0, 0.1) is 11.8 Å². The molecule has 8 nitrogen and oxygen atoms in total. The van der Waals surface area contributed by atoms with Crippen LogP contribution in [-0.4, -0.2) is 53.5 Å². The standard InChI is InChI=1S/C31H35N3O5/c1-19(20-10-5-3-6-11-20)34-27(29(36)32-21-12-7-4-8-13-21)31-17-16-24(39-31)25(26(31)30(34)37)28(35)33-22-14-9-15-23(18-22)38-2/h3,5-6,9-11,14-19,21,24-27H,4,7-8,12-13H2,1-2H3,(H,32,36)(H,33,35)/t19-,24-,25+,26-,27+,31-/m0/s1. The first-order chi connectivity index (χ1) is 18.9. The molecule has 204 valence electrons. The van der Waals surface area contributed by atoms with Crippen LogP contribution in [0.15, 0.2) is 66.7 Å². The predicted octanol–water partition coefficient (Wildman–Crippen LogP) is 3.99. The number of ether oxygens (including phenoxy) is 2. The number of carbonyl (C=O) groups is 3. The van der Waals surface area contributed by atoms with Gasteiger partial charge in [-0.3, -0.25) is 14.4 Å². The molecule has 3 amide bonds. The lowest BCUT2D eigenvalue weighted by atomic mass is 9.74. The van der Waals surface area contributed by atoms with Gasteiger partial charge in [0.15, 0.2) is 0 Å². The number of rotatable bonds is 7. The lowest BCUT2D eigenvalue weighted by Crippen LogP contribution is -2.56. The summed E-state index contributed by atoms with van der Waals surface area (Å²) in [5.74, 6) is -1.68. The van der Waals surface area contributed by atoms with E-state index in [1.165, 1.54) is 6.42 Å². The number of anilines is 1.